The monoisotopic (exact) mass is 198 g/mol. The van der Waals surface area contributed by atoms with Crippen molar-refractivity contribution < 1.29 is 0 Å². The Kier molecular flexibility index (Phi) is 5.49. The van der Waals surface area contributed by atoms with Crippen LogP contribution in [0.25, 0.3) is 0 Å². The van der Waals surface area contributed by atoms with Gasteiger partial charge in [0.05, 0.1) is 0 Å². The maximum atomic E-state index is 3.55. The van der Waals surface area contributed by atoms with Gasteiger partial charge in [-0.1, -0.05) is 13.8 Å². The molecule has 0 aliphatic carbocycles. The summed E-state index contributed by atoms with van der Waals surface area (Å²) in [5.74, 6) is 0. The first kappa shape index (κ1) is 12.0. The Bertz CT molecular complexity index is 129. The van der Waals surface area contributed by atoms with Gasteiger partial charge >= 0.3 is 0 Å². The van der Waals surface area contributed by atoms with Gasteiger partial charge in [0.2, 0.25) is 0 Å². The van der Waals surface area contributed by atoms with Crippen LogP contribution in [0.15, 0.2) is 0 Å². The minimum atomic E-state index is 0.668. The highest BCUT2D eigenvalue weighted by Gasteiger charge is 2.31. The molecule has 1 atom stereocenters. The second-order valence-corrected chi connectivity index (χ2v) is 4.38. The molecule has 2 nitrogen and oxygen atoms in total. The first-order valence-electron chi connectivity index (χ1n) is 6.33. The first-order chi connectivity index (χ1) is 6.91. The molecule has 0 aromatic rings. The molecule has 84 valence electrons. The van der Waals surface area contributed by atoms with Crippen LogP contribution in [0.4, 0.5) is 0 Å². The summed E-state index contributed by atoms with van der Waals surface area (Å²) in [5, 5.41) is 7.04. The maximum absolute atomic E-state index is 3.55. The van der Waals surface area contributed by atoms with Crippen LogP contribution in [0.2, 0.25) is 0 Å². The summed E-state index contributed by atoms with van der Waals surface area (Å²) in [7, 11) is 0. The Morgan fingerprint density at radius 3 is 2.14 bits per heavy atom. The molecule has 14 heavy (non-hydrogen) atoms. The molecule has 2 aliphatic rings. The van der Waals surface area contributed by atoms with E-state index in [9.17, 15) is 0 Å². The smallest absolute Gasteiger partial charge is 0.000830 e. The van der Waals surface area contributed by atoms with Crippen molar-refractivity contribution in [2.75, 3.05) is 26.2 Å². The van der Waals surface area contributed by atoms with Gasteiger partial charge in [-0.25, -0.2) is 0 Å². The molecule has 0 bridgehead atoms. The average molecular weight is 198 g/mol. The van der Waals surface area contributed by atoms with E-state index in [1.165, 1.54) is 58.3 Å². The fourth-order valence-corrected chi connectivity index (χ4v) is 2.65. The maximum Gasteiger partial charge on any atom is 0.000830 e. The summed E-state index contributed by atoms with van der Waals surface area (Å²) in [4.78, 5) is 0. The van der Waals surface area contributed by atoms with E-state index >= 15 is 0 Å². The van der Waals surface area contributed by atoms with Gasteiger partial charge in [0, 0.05) is 6.54 Å². The molecule has 0 aromatic heterocycles. The lowest BCUT2D eigenvalue weighted by Gasteiger charge is -2.36. The van der Waals surface area contributed by atoms with Crippen LogP contribution in [0, 0.1) is 5.41 Å². The molecule has 0 saturated carbocycles. The minimum absolute atomic E-state index is 0.668. The van der Waals surface area contributed by atoms with Crippen molar-refractivity contribution in [2.45, 2.75) is 46.0 Å². The molecule has 2 heterocycles. The van der Waals surface area contributed by atoms with Gasteiger partial charge in [0.1, 0.15) is 0 Å². The number of hydrogen-bond donors (Lipinski definition) is 2. The highest BCUT2D eigenvalue weighted by atomic mass is 14.9. The normalized spacial score (nSPS) is 33.0. The van der Waals surface area contributed by atoms with Crippen molar-refractivity contribution in [2.24, 2.45) is 5.41 Å². The van der Waals surface area contributed by atoms with Crippen molar-refractivity contribution >= 4 is 0 Å². The van der Waals surface area contributed by atoms with Crippen molar-refractivity contribution in [1.82, 2.24) is 10.6 Å². The fraction of sp³-hybridized carbons (Fsp3) is 1.00. The van der Waals surface area contributed by atoms with Gasteiger partial charge in [-0.2, -0.15) is 0 Å². The van der Waals surface area contributed by atoms with Gasteiger partial charge in [0.15, 0.2) is 0 Å². The summed E-state index contributed by atoms with van der Waals surface area (Å²) >= 11 is 0. The van der Waals surface area contributed by atoms with Crippen LogP contribution in [0.1, 0.15) is 46.0 Å². The van der Waals surface area contributed by atoms with Crippen molar-refractivity contribution in [3.05, 3.63) is 0 Å². The Morgan fingerprint density at radius 1 is 0.786 bits per heavy atom. The van der Waals surface area contributed by atoms with Crippen LogP contribution in [0.3, 0.4) is 0 Å². The van der Waals surface area contributed by atoms with E-state index in [0.29, 0.717) is 5.41 Å². The van der Waals surface area contributed by atoms with Crippen LogP contribution in [0.5, 0.6) is 0 Å². The number of piperidine rings is 1. The molecule has 1 unspecified atom stereocenters. The molecule has 0 radical (unpaired) electrons. The molecule has 0 amide bonds. The van der Waals surface area contributed by atoms with Crippen LogP contribution < -0.4 is 10.6 Å². The molecular weight excluding hydrogens is 172 g/mol. The summed E-state index contributed by atoms with van der Waals surface area (Å²) < 4.78 is 0. The lowest BCUT2D eigenvalue weighted by Crippen LogP contribution is -2.40. The zero-order valence-corrected chi connectivity index (χ0v) is 9.86. The van der Waals surface area contributed by atoms with E-state index in [0.717, 1.165) is 0 Å². The third kappa shape index (κ3) is 3.25. The van der Waals surface area contributed by atoms with E-state index in [4.69, 9.17) is 0 Å². The van der Waals surface area contributed by atoms with Gasteiger partial charge in [0.25, 0.3) is 0 Å². The summed E-state index contributed by atoms with van der Waals surface area (Å²) in [6.45, 7) is 8.99. The number of hydrogen-bond acceptors (Lipinski definition) is 2. The van der Waals surface area contributed by atoms with Gasteiger partial charge in [-0.3, -0.25) is 0 Å². The van der Waals surface area contributed by atoms with E-state index in [-0.39, 0.29) is 0 Å². The van der Waals surface area contributed by atoms with E-state index in [1.807, 2.05) is 13.8 Å². The zero-order chi connectivity index (χ0) is 10.3. The van der Waals surface area contributed by atoms with Gasteiger partial charge in [-0.15, -0.1) is 0 Å². The highest BCUT2D eigenvalue weighted by molar-refractivity contribution is 4.87. The van der Waals surface area contributed by atoms with Gasteiger partial charge in [-0.05, 0) is 57.2 Å². The average Bonchev–Trinajstić information content (AvgIpc) is 2.48. The zero-order valence-electron chi connectivity index (χ0n) is 9.86. The number of rotatable bonds is 0. The molecule has 2 N–H and O–H groups in total. The predicted molar refractivity (Wildman–Crippen MR) is 62.6 cm³/mol. The second-order valence-electron chi connectivity index (χ2n) is 4.38. The van der Waals surface area contributed by atoms with E-state index in [2.05, 4.69) is 10.6 Å². The number of nitrogens with one attached hydrogen (secondary N) is 2. The quantitative estimate of drug-likeness (QED) is 0.623. The third-order valence-corrected chi connectivity index (χ3v) is 3.45. The molecule has 0 aromatic carbocycles. The molecule has 2 rings (SSSR count). The highest BCUT2D eigenvalue weighted by Crippen LogP contribution is 2.35. The topological polar surface area (TPSA) is 24.1 Å². The van der Waals surface area contributed by atoms with Crippen molar-refractivity contribution in [1.29, 1.82) is 0 Å². The molecule has 2 heteroatoms. The SMILES string of the molecule is C1CNCCC2(C1)CCCNC2.CC. The Hall–Kier alpha value is -0.0800. The van der Waals surface area contributed by atoms with Crippen molar-refractivity contribution in [3.8, 4) is 0 Å². The van der Waals surface area contributed by atoms with E-state index in [1.54, 1.807) is 0 Å². The molecule has 2 saturated heterocycles. The Balaban J connectivity index is 0.000000461. The third-order valence-electron chi connectivity index (χ3n) is 3.45. The molecule has 2 aliphatic heterocycles. The fourth-order valence-electron chi connectivity index (χ4n) is 2.65. The van der Waals surface area contributed by atoms with Crippen LogP contribution >= 0.6 is 0 Å². The van der Waals surface area contributed by atoms with E-state index < -0.39 is 0 Å². The minimum Gasteiger partial charge on any atom is -0.317 e. The Labute approximate surface area is 88.8 Å². The second kappa shape index (κ2) is 6.41. The standard InChI is InChI=1S/C10H20N2.C2H6/c1-3-10(5-8-11-6-1)4-2-7-12-9-10;1-2/h11-12H,1-9H2;1-2H3. The summed E-state index contributed by atoms with van der Waals surface area (Å²) in [6.07, 6.45) is 7.05. The predicted octanol–water partition coefficient (Wildman–Crippen LogP) is 2.16. The summed E-state index contributed by atoms with van der Waals surface area (Å²) in [5.41, 5.74) is 0.668. The van der Waals surface area contributed by atoms with Crippen LogP contribution in [-0.2, 0) is 0 Å². The lowest BCUT2D eigenvalue weighted by molar-refractivity contribution is 0.184. The molecule has 2 fully saturated rings. The molecular formula is C12H26N2. The largest absolute Gasteiger partial charge is 0.317 e. The first-order valence-corrected chi connectivity index (χ1v) is 6.33. The van der Waals surface area contributed by atoms with Gasteiger partial charge < -0.3 is 10.6 Å². The van der Waals surface area contributed by atoms with Crippen LogP contribution in [-0.4, -0.2) is 26.2 Å². The Morgan fingerprint density at radius 2 is 1.43 bits per heavy atom. The lowest BCUT2D eigenvalue weighted by atomic mass is 9.75. The summed E-state index contributed by atoms with van der Waals surface area (Å²) in [6, 6.07) is 0. The molecule has 1 spiro atoms. The van der Waals surface area contributed by atoms with Crippen molar-refractivity contribution in [3.63, 3.8) is 0 Å².